The summed E-state index contributed by atoms with van der Waals surface area (Å²) in [5.74, 6) is -0.744. The van der Waals surface area contributed by atoms with Gasteiger partial charge < -0.3 is 15.2 Å². The second kappa shape index (κ2) is 9.56. The molecule has 0 saturated carbocycles. The molecule has 1 atom stereocenters. The van der Waals surface area contributed by atoms with Gasteiger partial charge in [0, 0.05) is 44.1 Å². The predicted octanol–water partition coefficient (Wildman–Crippen LogP) is 4.07. The van der Waals surface area contributed by atoms with Gasteiger partial charge in [-0.3, -0.25) is 15.0 Å². The van der Waals surface area contributed by atoms with E-state index in [0.29, 0.717) is 16.4 Å². The van der Waals surface area contributed by atoms with E-state index in [0.717, 1.165) is 10.8 Å². The van der Waals surface area contributed by atoms with Crippen LogP contribution in [-0.2, 0) is 4.74 Å². The first kappa shape index (κ1) is 22.9. The molecule has 1 aliphatic rings. The number of benzene rings is 2. The minimum Gasteiger partial charge on any atom is -0.674 e. The Labute approximate surface area is 211 Å². The summed E-state index contributed by atoms with van der Waals surface area (Å²) >= 11 is 1.25. The SMILES string of the molecule is COc1ccc2nc(NC(=O)c3ccc(N4C[C@H](C[NH-])OC4=O)cc3F)sc2c1.[Ac]. The number of nitrogens with zero attached hydrogens (tertiary/aromatic N) is 2. The number of rotatable bonds is 5. The number of halogens is 1. The zero-order valence-electron chi connectivity index (χ0n) is 15.8. The van der Waals surface area contributed by atoms with Crippen LogP contribution in [0.1, 0.15) is 10.4 Å². The van der Waals surface area contributed by atoms with E-state index in [2.05, 4.69) is 10.3 Å². The Balaban J connectivity index is 0.00000256. The number of anilines is 2. The molecule has 1 saturated heterocycles. The van der Waals surface area contributed by atoms with E-state index in [-0.39, 0.29) is 68.4 Å². The number of thiazole rings is 1. The number of aromatic nitrogens is 1. The fraction of sp³-hybridized carbons (Fsp3) is 0.211. The summed E-state index contributed by atoms with van der Waals surface area (Å²) < 4.78 is 25.6. The molecule has 1 aliphatic heterocycles. The minimum absolute atomic E-state index is 0. The van der Waals surface area contributed by atoms with E-state index in [9.17, 15) is 14.0 Å². The Morgan fingerprint density at radius 2 is 2.20 bits per heavy atom. The molecule has 1 radical (unpaired) electrons. The van der Waals surface area contributed by atoms with Gasteiger partial charge in [0.15, 0.2) is 5.13 Å². The van der Waals surface area contributed by atoms with Crippen molar-refractivity contribution in [1.29, 1.82) is 0 Å². The summed E-state index contributed by atoms with van der Waals surface area (Å²) in [4.78, 5) is 29.9. The first-order valence-corrected chi connectivity index (χ1v) is 9.48. The molecule has 30 heavy (non-hydrogen) atoms. The van der Waals surface area contributed by atoms with Crippen LogP contribution < -0.4 is 15.0 Å². The fourth-order valence-corrected chi connectivity index (χ4v) is 3.83. The van der Waals surface area contributed by atoms with Gasteiger partial charge >= 0.3 is 6.09 Å². The van der Waals surface area contributed by atoms with E-state index in [4.69, 9.17) is 15.2 Å². The largest absolute Gasteiger partial charge is 0.674 e. The van der Waals surface area contributed by atoms with E-state index in [1.54, 1.807) is 25.3 Å². The summed E-state index contributed by atoms with van der Waals surface area (Å²) in [6.07, 6.45) is -1.19. The number of methoxy groups -OCH3 is 1. The average Bonchev–Trinajstić information content (AvgIpc) is 3.29. The van der Waals surface area contributed by atoms with Crippen molar-refractivity contribution in [3.8, 4) is 5.75 Å². The van der Waals surface area contributed by atoms with Crippen molar-refractivity contribution >= 4 is 44.4 Å². The topological polar surface area (TPSA) is 105 Å². The van der Waals surface area contributed by atoms with Crippen LogP contribution in [0, 0.1) is 49.9 Å². The van der Waals surface area contributed by atoms with Crippen molar-refractivity contribution < 1.29 is 67.5 Å². The Kier molecular flexibility index (Phi) is 7.29. The molecule has 2 amide bonds. The van der Waals surface area contributed by atoms with Gasteiger partial charge in [0.25, 0.3) is 5.91 Å². The summed E-state index contributed by atoms with van der Waals surface area (Å²) in [7, 11) is 1.56. The summed E-state index contributed by atoms with van der Waals surface area (Å²) in [6, 6.07) is 9.21. The minimum atomic E-state index is -0.773. The molecule has 1 fully saturated rings. The van der Waals surface area contributed by atoms with Crippen molar-refractivity contribution in [3.05, 3.63) is 53.5 Å². The summed E-state index contributed by atoms with van der Waals surface area (Å²) in [5.41, 5.74) is 8.09. The van der Waals surface area contributed by atoms with Crippen molar-refractivity contribution in [2.45, 2.75) is 6.10 Å². The number of hydrogen-bond donors (Lipinski definition) is 1. The smallest absolute Gasteiger partial charge is 0.414 e. The number of cyclic esters (lactones) is 1. The maximum absolute atomic E-state index is 14.6. The fourth-order valence-electron chi connectivity index (χ4n) is 2.94. The molecule has 0 spiro atoms. The average molecular weight is 642 g/mol. The number of fused-ring (bicyclic) bond motifs is 1. The van der Waals surface area contributed by atoms with Crippen molar-refractivity contribution in [2.75, 3.05) is 30.4 Å². The van der Waals surface area contributed by atoms with Gasteiger partial charge in [-0.1, -0.05) is 11.3 Å². The molecule has 8 nitrogen and oxygen atoms in total. The molecule has 2 aromatic carbocycles. The number of ether oxygens (including phenoxy) is 2. The van der Waals surface area contributed by atoms with E-state index in [1.807, 2.05) is 0 Å². The Hall–Kier alpha value is -1.80. The number of carbonyl (C=O) groups excluding carboxylic acids is 2. The third-order valence-corrected chi connectivity index (χ3v) is 5.36. The van der Waals surface area contributed by atoms with Crippen LogP contribution in [0.25, 0.3) is 16.0 Å². The molecular formula is C19H16AcFN4O4S-. The Morgan fingerprint density at radius 1 is 1.40 bits per heavy atom. The van der Waals surface area contributed by atoms with Crippen LogP contribution in [0.4, 0.5) is 20.0 Å². The van der Waals surface area contributed by atoms with Crippen molar-refractivity contribution in [2.24, 2.45) is 0 Å². The summed E-state index contributed by atoms with van der Waals surface area (Å²) in [5, 5.41) is 2.93. The van der Waals surface area contributed by atoms with Crippen molar-refractivity contribution in [3.63, 3.8) is 0 Å². The number of nitrogens with one attached hydrogen (secondary N) is 2. The second-order valence-electron chi connectivity index (χ2n) is 6.29. The molecule has 11 heteroatoms. The normalized spacial score (nSPS) is 15.6. The molecule has 153 valence electrons. The molecule has 3 aromatic rings. The van der Waals surface area contributed by atoms with E-state index >= 15 is 0 Å². The van der Waals surface area contributed by atoms with E-state index in [1.165, 1.54) is 28.4 Å². The summed E-state index contributed by atoms with van der Waals surface area (Å²) in [6.45, 7) is 0.0989. The van der Waals surface area contributed by atoms with Gasteiger partial charge in [0.05, 0.1) is 35.1 Å². The molecule has 0 aliphatic carbocycles. The third kappa shape index (κ3) is 4.59. The van der Waals surface area contributed by atoms with Gasteiger partial charge in [-0.05, 0) is 36.4 Å². The first-order chi connectivity index (χ1) is 14.0. The Morgan fingerprint density at radius 3 is 2.87 bits per heavy atom. The number of carbonyl (C=O) groups is 2. The molecule has 2 heterocycles. The van der Waals surface area contributed by atoms with Crippen LogP contribution in [0.3, 0.4) is 0 Å². The van der Waals surface area contributed by atoms with Gasteiger partial charge in [0.2, 0.25) is 0 Å². The zero-order chi connectivity index (χ0) is 20.5. The third-order valence-electron chi connectivity index (χ3n) is 4.43. The van der Waals surface area contributed by atoms with Crippen molar-refractivity contribution in [1.82, 2.24) is 4.98 Å². The first-order valence-electron chi connectivity index (χ1n) is 8.66. The van der Waals surface area contributed by atoms with Gasteiger partial charge in [-0.25, -0.2) is 14.2 Å². The predicted molar refractivity (Wildman–Crippen MR) is 107 cm³/mol. The molecule has 4 rings (SSSR count). The maximum atomic E-state index is 14.6. The molecule has 0 bridgehead atoms. The molecule has 1 aromatic heterocycles. The van der Waals surface area contributed by atoms with E-state index < -0.39 is 23.9 Å². The second-order valence-corrected chi connectivity index (χ2v) is 7.32. The van der Waals surface area contributed by atoms with Gasteiger partial charge in [-0.2, -0.15) is 0 Å². The number of amides is 2. The van der Waals surface area contributed by atoms with Crippen LogP contribution >= 0.6 is 11.3 Å². The molecule has 0 unspecified atom stereocenters. The van der Waals surface area contributed by atoms with Crippen LogP contribution in [0.2, 0.25) is 0 Å². The van der Waals surface area contributed by atoms with Crippen LogP contribution in [0.15, 0.2) is 36.4 Å². The van der Waals surface area contributed by atoms with Crippen LogP contribution in [-0.4, -0.2) is 43.3 Å². The Bertz CT molecular complexity index is 1110. The standard InChI is InChI=1S/C19H16FN4O4S.Ac/c1-27-11-3-5-15-16(7-11)29-18(22-15)23-17(25)13-4-2-10(6-14(13)20)24-9-12(8-21)28-19(24)26;/h2-7,12,21H,8-9H2,1H3,(H,22,23,25);/q-1;/t12-;/m0./s1. The number of hydrogen-bond acceptors (Lipinski definition) is 6. The van der Waals surface area contributed by atoms with Crippen LogP contribution in [0.5, 0.6) is 5.75 Å². The maximum Gasteiger partial charge on any atom is 0.414 e. The zero-order valence-corrected chi connectivity index (χ0v) is 21.4. The van der Waals surface area contributed by atoms with Gasteiger partial charge in [0.1, 0.15) is 17.7 Å². The monoisotopic (exact) mass is 642 g/mol. The molecular weight excluding hydrogens is 626 g/mol. The quantitative estimate of drug-likeness (QED) is 0.452. The molecule has 2 N–H and O–H groups in total. The van der Waals surface area contributed by atoms with Gasteiger partial charge in [-0.15, -0.1) is 6.54 Å².